The Morgan fingerprint density at radius 1 is 1.23 bits per heavy atom. The average Bonchev–Trinajstić information content (AvgIpc) is 2.79. The number of hydrogen-bond acceptors (Lipinski definition) is 5. The molecule has 2 heterocycles. The van der Waals surface area contributed by atoms with Gasteiger partial charge in [0.2, 0.25) is 0 Å². The number of carbonyl (C=O) groups excluding carboxylic acids is 1. The summed E-state index contributed by atoms with van der Waals surface area (Å²) in [6, 6.07) is 12.1. The SMILES string of the molecule is CN1C(=O)/C(=C/c2ccc(O)cc2)S/C1=N/c1ccccn1. The second kappa shape index (κ2) is 6.03. The van der Waals surface area contributed by atoms with E-state index in [9.17, 15) is 9.90 Å². The lowest BCUT2D eigenvalue weighted by molar-refractivity contribution is -0.121. The topological polar surface area (TPSA) is 65.8 Å². The van der Waals surface area contributed by atoms with Crippen molar-refractivity contribution in [3.63, 3.8) is 0 Å². The Bertz CT molecular complexity index is 755. The average molecular weight is 311 g/mol. The Morgan fingerprint density at radius 3 is 2.68 bits per heavy atom. The molecule has 6 heteroatoms. The number of likely N-dealkylation sites (N-methyl/N-ethyl adjacent to an activating group) is 1. The molecule has 1 aliphatic rings. The molecule has 0 atom stereocenters. The van der Waals surface area contributed by atoms with Crippen LogP contribution < -0.4 is 0 Å². The highest BCUT2D eigenvalue weighted by molar-refractivity contribution is 8.18. The number of phenolic OH excluding ortho intramolecular Hbond substituents is 1. The number of hydrogen-bond donors (Lipinski definition) is 1. The van der Waals surface area contributed by atoms with Crippen LogP contribution >= 0.6 is 11.8 Å². The number of pyridine rings is 1. The summed E-state index contributed by atoms with van der Waals surface area (Å²) < 4.78 is 0. The number of carbonyl (C=O) groups is 1. The molecule has 1 aromatic carbocycles. The minimum atomic E-state index is -0.104. The van der Waals surface area contributed by atoms with Gasteiger partial charge in [0, 0.05) is 13.2 Å². The van der Waals surface area contributed by atoms with Crippen molar-refractivity contribution in [2.75, 3.05) is 7.05 Å². The summed E-state index contributed by atoms with van der Waals surface area (Å²) >= 11 is 1.31. The molecule has 1 saturated heterocycles. The smallest absolute Gasteiger partial charge is 0.266 e. The summed E-state index contributed by atoms with van der Waals surface area (Å²) in [6.45, 7) is 0. The minimum absolute atomic E-state index is 0.104. The fraction of sp³-hybridized carbons (Fsp3) is 0.0625. The third-order valence-corrected chi connectivity index (χ3v) is 4.11. The Labute approximate surface area is 132 Å². The highest BCUT2D eigenvalue weighted by Crippen LogP contribution is 2.32. The molecule has 0 bridgehead atoms. The standard InChI is InChI=1S/C16H13N3O2S/c1-19-15(21)13(10-11-5-7-12(20)8-6-11)22-16(19)18-14-4-2-3-9-17-14/h2-10,20H,1H3/b13-10-,18-16+. The molecule has 110 valence electrons. The number of thioether (sulfide) groups is 1. The first-order chi connectivity index (χ1) is 10.6. The van der Waals surface area contributed by atoms with Crippen LogP contribution in [0.3, 0.4) is 0 Å². The summed E-state index contributed by atoms with van der Waals surface area (Å²) in [5.41, 5.74) is 0.848. The Morgan fingerprint density at radius 2 is 2.00 bits per heavy atom. The van der Waals surface area contributed by atoms with Crippen molar-refractivity contribution < 1.29 is 9.90 Å². The first-order valence-corrected chi connectivity index (χ1v) is 7.41. The highest BCUT2D eigenvalue weighted by atomic mass is 32.2. The van der Waals surface area contributed by atoms with Gasteiger partial charge in [-0.3, -0.25) is 9.69 Å². The van der Waals surface area contributed by atoms with Crippen molar-refractivity contribution in [3.8, 4) is 5.75 Å². The number of aromatic hydroxyl groups is 1. The normalized spacial score (nSPS) is 18.4. The molecule has 0 saturated carbocycles. The van der Waals surface area contributed by atoms with E-state index in [1.54, 1.807) is 49.7 Å². The van der Waals surface area contributed by atoms with Gasteiger partial charge in [-0.15, -0.1) is 0 Å². The van der Waals surface area contributed by atoms with Crippen molar-refractivity contribution in [1.29, 1.82) is 0 Å². The zero-order valence-corrected chi connectivity index (χ0v) is 12.6. The van der Waals surface area contributed by atoms with Gasteiger partial charge in [-0.2, -0.15) is 0 Å². The van der Waals surface area contributed by atoms with E-state index in [-0.39, 0.29) is 11.7 Å². The fourth-order valence-corrected chi connectivity index (χ4v) is 2.87. The number of amidine groups is 1. The monoisotopic (exact) mass is 311 g/mol. The molecule has 0 unspecified atom stereocenters. The van der Waals surface area contributed by atoms with Crippen molar-refractivity contribution in [2.45, 2.75) is 0 Å². The summed E-state index contributed by atoms with van der Waals surface area (Å²) in [4.78, 5) is 22.9. The van der Waals surface area contributed by atoms with Crippen molar-refractivity contribution in [3.05, 3.63) is 59.1 Å². The predicted molar refractivity (Wildman–Crippen MR) is 87.8 cm³/mol. The molecule has 0 spiro atoms. The molecule has 3 rings (SSSR count). The van der Waals surface area contributed by atoms with Crippen LogP contribution in [0, 0.1) is 0 Å². The zero-order chi connectivity index (χ0) is 15.5. The minimum Gasteiger partial charge on any atom is -0.508 e. The molecule has 1 aliphatic heterocycles. The second-order valence-electron chi connectivity index (χ2n) is 4.65. The number of nitrogens with zero attached hydrogens (tertiary/aromatic N) is 3. The predicted octanol–water partition coefficient (Wildman–Crippen LogP) is 3.02. The van der Waals surface area contributed by atoms with Crippen LogP contribution in [-0.4, -0.2) is 33.1 Å². The molecule has 0 aliphatic carbocycles. The number of phenols is 1. The van der Waals surface area contributed by atoms with E-state index >= 15 is 0 Å². The van der Waals surface area contributed by atoms with E-state index in [0.29, 0.717) is 15.9 Å². The molecule has 1 amide bonds. The highest BCUT2D eigenvalue weighted by Gasteiger charge is 2.30. The van der Waals surface area contributed by atoms with E-state index < -0.39 is 0 Å². The summed E-state index contributed by atoms with van der Waals surface area (Å²) in [5, 5.41) is 9.88. The van der Waals surface area contributed by atoms with Gasteiger partial charge >= 0.3 is 0 Å². The van der Waals surface area contributed by atoms with Crippen LogP contribution in [0.2, 0.25) is 0 Å². The van der Waals surface area contributed by atoms with Gasteiger partial charge in [0.15, 0.2) is 11.0 Å². The first-order valence-electron chi connectivity index (χ1n) is 6.60. The summed E-state index contributed by atoms with van der Waals surface area (Å²) in [7, 11) is 1.69. The van der Waals surface area contributed by atoms with Crippen LogP contribution in [0.15, 0.2) is 58.6 Å². The first kappa shape index (κ1) is 14.3. The van der Waals surface area contributed by atoms with Gasteiger partial charge in [0.05, 0.1) is 4.91 Å². The van der Waals surface area contributed by atoms with Gasteiger partial charge < -0.3 is 5.11 Å². The maximum atomic E-state index is 12.3. The van der Waals surface area contributed by atoms with Gasteiger partial charge in [-0.05, 0) is 47.7 Å². The van der Waals surface area contributed by atoms with E-state index in [2.05, 4.69) is 9.98 Å². The van der Waals surface area contributed by atoms with Crippen molar-refractivity contribution >= 4 is 34.7 Å². The summed E-state index contributed by atoms with van der Waals surface area (Å²) in [5.74, 6) is 0.658. The lowest BCUT2D eigenvalue weighted by Crippen LogP contribution is -2.23. The molecule has 0 radical (unpaired) electrons. The summed E-state index contributed by atoms with van der Waals surface area (Å²) in [6.07, 6.45) is 3.44. The van der Waals surface area contributed by atoms with E-state index in [0.717, 1.165) is 5.56 Å². The Balaban J connectivity index is 1.88. The molecule has 1 N–H and O–H groups in total. The molecule has 5 nitrogen and oxygen atoms in total. The molecular weight excluding hydrogens is 298 g/mol. The van der Waals surface area contributed by atoms with E-state index in [1.807, 2.05) is 12.1 Å². The lowest BCUT2D eigenvalue weighted by Gasteiger charge is -2.06. The molecule has 22 heavy (non-hydrogen) atoms. The fourth-order valence-electron chi connectivity index (χ4n) is 1.89. The van der Waals surface area contributed by atoms with Gasteiger partial charge in [0.1, 0.15) is 5.75 Å². The Hall–Kier alpha value is -2.60. The number of amides is 1. The third kappa shape index (κ3) is 3.01. The number of benzene rings is 1. The molecule has 1 fully saturated rings. The van der Waals surface area contributed by atoms with Gasteiger partial charge in [-0.25, -0.2) is 9.98 Å². The molecule has 2 aromatic rings. The van der Waals surface area contributed by atoms with Crippen molar-refractivity contribution in [1.82, 2.24) is 9.88 Å². The maximum absolute atomic E-state index is 12.3. The molecular formula is C16H13N3O2S. The third-order valence-electron chi connectivity index (χ3n) is 3.05. The lowest BCUT2D eigenvalue weighted by atomic mass is 10.2. The van der Waals surface area contributed by atoms with Crippen LogP contribution in [0.5, 0.6) is 5.75 Å². The van der Waals surface area contributed by atoms with Gasteiger partial charge in [0.25, 0.3) is 5.91 Å². The van der Waals surface area contributed by atoms with Crippen molar-refractivity contribution in [2.24, 2.45) is 4.99 Å². The number of aliphatic imine (C=N–C) groups is 1. The van der Waals surface area contributed by atoms with E-state index in [1.165, 1.54) is 16.7 Å². The Kier molecular flexibility index (Phi) is 3.93. The molecule has 1 aromatic heterocycles. The van der Waals surface area contributed by atoms with Crippen LogP contribution in [0.4, 0.5) is 5.82 Å². The van der Waals surface area contributed by atoms with Crippen LogP contribution in [0.1, 0.15) is 5.56 Å². The number of aromatic nitrogens is 1. The largest absolute Gasteiger partial charge is 0.508 e. The van der Waals surface area contributed by atoms with E-state index in [4.69, 9.17) is 0 Å². The number of rotatable bonds is 2. The zero-order valence-electron chi connectivity index (χ0n) is 11.8. The maximum Gasteiger partial charge on any atom is 0.266 e. The van der Waals surface area contributed by atoms with Crippen LogP contribution in [-0.2, 0) is 4.79 Å². The van der Waals surface area contributed by atoms with Gasteiger partial charge in [-0.1, -0.05) is 18.2 Å². The second-order valence-corrected chi connectivity index (χ2v) is 5.66. The van der Waals surface area contributed by atoms with Crippen LogP contribution in [0.25, 0.3) is 6.08 Å². The quantitative estimate of drug-likeness (QED) is 0.866.